The first-order valence-corrected chi connectivity index (χ1v) is 9.88. The van der Waals surface area contributed by atoms with Crippen molar-refractivity contribution in [3.8, 4) is 0 Å². The van der Waals surface area contributed by atoms with Crippen LogP contribution in [-0.2, 0) is 14.4 Å². The summed E-state index contributed by atoms with van der Waals surface area (Å²) >= 11 is 1.53. The highest BCUT2D eigenvalue weighted by molar-refractivity contribution is 7.98. The smallest absolute Gasteiger partial charge is 0.320 e. The summed E-state index contributed by atoms with van der Waals surface area (Å²) in [5.74, 6) is -1.82. The number of para-hydroxylation sites is 1. The average Bonchev–Trinajstić information content (AvgIpc) is 2.79. The van der Waals surface area contributed by atoms with Crippen molar-refractivity contribution in [2.45, 2.75) is 18.7 Å². The molecule has 1 fully saturated rings. The van der Waals surface area contributed by atoms with Crippen LogP contribution in [0, 0.1) is 5.92 Å². The fourth-order valence-corrected chi connectivity index (χ4v) is 3.31. The largest absolute Gasteiger partial charge is 0.338 e. The number of thioether (sulfide) groups is 1. The van der Waals surface area contributed by atoms with E-state index >= 15 is 0 Å². The van der Waals surface area contributed by atoms with E-state index in [1.165, 1.54) is 11.8 Å². The number of urea groups is 1. The van der Waals surface area contributed by atoms with Crippen LogP contribution in [0.4, 0.5) is 10.5 Å². The molecule has 0 bridgehead atoms. The van der Waals surface area contributed by atoms with Gasteiger partial charge in [0.1, 0.15) is 0 Å². The Morgan fingerprint density at radius 2 is 1.78 bits per heavy atom. The minimum atomic E-state index is -0.840. The van der Waals surface area contributed by atoms with Gasteiger partial charge in [0.15, 0.2) is 13.2 Å². The first-order valence-electron chi connectivity index (χ1n) is 8.66. The van der Waals surface area contributed by atoms with Crippen LogP contribution in [0.25, 0.3) is 0 Å². The van der Waals surface area contributed by atoms with E-state index in [0.717, 1.165) is 20.4 Å². The van der Waals surface area contributed by atoms with Crippen molar-refractivity contribution in [1.82, 2.24) is 9.80 Å². The molecule has 8 nitrogen and oxygen atoms in total. The standard InChI is InChI=1S/C18H24N4O4S/c1-12(2)9-21-16(24)17(25)22(18(21)26)11-20(3)10-15(23)19-13-7-5-6-8-14(13)27-4/h5-8,12H,9-11H2,1-4H3,(H,19,23)/p+1. The van der Waals surface area contributed by atoms with Gasteiger partial charge in [-0.25, -0.2) is 9.69 Å². The summed E-state index contributed by atoms with van der Waals surface area (Å²) in [5.41, 5.74) is 0.717. The number of nitrogens with one attached hydrogen (secondary N) is 2. The molecular weight excluding hydrogens is 368 g/mol. The second-order valence-corrected chi connectivity index (χ2v) is 7.71. The predicted octanol–water partition coefficient (Wildman–Crippen LogP) is 0.266. The molecule has 1 atom stereocenters. The summed E-state index contributed by atoms with van der Waals surface area (Å²) in [6.07, 6.45) is 1.92. The van der Waals surface area contributed by atoms with Gasteiger partial charge in [-0.15, -0.1) is 11.8 Å². The highest BCUT2D eigenvalue weighted by Crippen LogP contribution is 2.24. The number of likely N-dealkylation sites (N-methyl/N-ethyl adjacent to an activating group) is 1. The molecule has 0 radical (unpaired) electrons. The molecule has 2 rings (SSSR count). The number of hydrogen-bond donors (Lipinski definition) is 2. The van der Waals surface area contributed by atoms with E-state index in [1.54, 1.807) is 7.05 Å². The molecule has 0 spiro atoms. The lowest BCUT2D eigenvalue weighted by Gasteiger charge is -2.20. The zero-order chi connectivity index (χ0) is 20.1. The van der Waals surface area contributed by atoms with Crippen molar-refractivity contribution in [3.05, 3.63) is 24.3 Å². The molecule has 2 N–H and O–H groups in total. The zero-order valence-corrected chi connectivity index (χ0v) is 16.8. The number of hydrogen-bond acceptors (Lipinski definition) is 5. The Hall–Kier alpha value is -2.39. The normalized spacial score (nSPS) is 15.7. The van der Waals surface area contributed by atoms with Gasteiger partial charge in [-0.3, -0.25) is 19.3 Å². The Bertz CT molecular complexity index is 753. The average molecular weight is 393 g/mol. The quantitative estimate of drug-likeness (QED) is 0.376. The topological polar surface area (TPSA) is 91.2 Å². The van der Waals surface area contributed by atoms with Crippen molar-refractivity contribution in [1.29, 1.82) is 0 Å². The molecule has 1 aliphatic heterocycles. The van der Waals surface area contributed by atoms with Gasteiger partial charge in [0.2, 0.25) is 0 Å². The number of benzene rings is 1. The Morgan fingerprint density at radius 3 is 2.41 bits per heavy atom. The minimum absolute atomic E-state index is 0.0460. The van der Waals surface area contributed by atoms with E-state index in [9.17, 15) is 19.2 Å². The number of carbonyl (C=O) groups excluding carboxylic acids is 4. The van der Waals surface area contributed by atoms with Gasteiger partial charge in [-0.1, -0.05) is 26.0 Å². The third-order valence-electron chi connectivity index (χ3n) is 3.95. The van der Waals surface area contributed by atoms with Crippen LogP contribution >= 0.6 is 11.8 Å². The highest BCUT2D eigenvalue weighted by atomic mass is 32.2. The first-order chi connectivity index (χ1) is 12.7. The van der Waals surface area contributed by atoms with Gasteiger partial charge >= 0.3 is 17.8 Å². The summed E-state index contributed by atoms with van der Waals surface area (Å²) in [7, 11) is 1.69. The summed E-state index contributed by atoms with van der Waals surface area (Å²) in [6, 6.07) is 6.83. The molecule has 1 heterocycles. The SMILES string of the molecule is CSc1ccccc1NC(=O)C[NH+](C)CN1C(=O)C(=O)N(CC(C)C)C1=O. The second-order valence-electron chi connectivity index (χ2n) is 6.87. The molecule has 1 saturated heterocycles. The number of anilines is 1. The summed E-state index contributed by atoms with van der Waals surface area (Å²) in [5, 5.41) is 2.84. The van der Waals surface area contributed by atoms with E-state index in [0.29, 0.717) is 4.90 Å². The lowest BCUT2D eigenvalue weighted by Crippen LogP contribution is -3.11. The summed E-state index contributed by atoms with van der Waals surface area (Å²) in [6.45, 7) is 3.93. The maximum atomic E-state index is 12.4. The number of quaternary nitrogens is 1. The lowest BCUT2D eigenvalue weighted by atomic mass is 10.2. The van der Waals surface area contributed by atoms with Crippen molar-refractivity contribution in [3.63, 3.8) is 0 Å². The number of amides is 5. The maximum absolute atomic E-state index is 12.4. The van der Waals surface area contributed by atoms with Crippen LogP contribution in [-0.4, -0.2) is 66.6 Å². The van der Waals surface area contributed by atoms with Crippen molar-refractivity contribution >= 4 is 41.2 Å². The van der Waals surface area contributed by atoms with E-state index in [-0.39, 0.29) is 31.6 Å². The van der Waals surface area contributed by atoms with E-state index in [1.807, 2.05) is 44.4 Å². The molecule has 1 aromatic rings. The van der Waals surface area contributed by atoms with Crippen molar-refractivity contribution in [2.24, 2.45) is 5.92 Å². The van der Waals surface area contributed by atoms with Gasteiger partial charge in [0.25, 0.3) is 5.91 Å². The maximum Gasteiger partial charge on any atom is 0.338 e. The molecule has 9 heteroatoms. The molecule has 0 saturated carbocycles. The third kappa shape index (κ3) is 5.08. The molecule has 5 amide bonds. The van der Waals surface area contributed by atoms with Crippen LogP contribution in [0.3, 0.4) is 0 Å². The molecular formula is C18H25N4O4S+. The molecule has 0 aromatic heterocycles. The fraction of sp³-hybridized carbons (Fsp3) is 0.444. The Morgan fingerprint density at radius 1 is 1.15 bits per heavy atom. The summed E-state index contributed by atoms with van der Waals surface area (Å²) in [4.78, 5) is 52.2. The lowest BCUT2D eigenvalue weighted by molar-refractivity contribution is -0.878. The minimum Gasteiger partial charge on any atom is -0.320 e. The van der Waals surface area contributed by atoms with Gasteiger partial charge < -0.3 is 10.2 Å². The van der Waals surface area contributed by atoms with Crippen molar-refractivity contribution < 1.29 is 24.1 Å². The monoisotopic (exact) mass is 393 g/mol. The van der Waals surface area contributed by atoms with Crippen molar-refractivity contribution in [2.75, 3.05) is 38.4 Å². The predicted molar refractivity (Wildman–Crippen MR) is 102 cm³/mol. The van der Waals surface area contributed by atoms with Gasteiger partial charge in [0, 0.05) is 11.4 Å². The third-order valence-corrected chi connectivity index (χ3v) is 4.75. The molecule has 1 unspecified atom stereocenters. The molecule has 27 heavy (non-hydrogen) atoms. The first kappa shape index (κ1) is 20.9. The van der Waals surface area contributed by atoms with Crippen LogP contribution in [0.15, 0.2) is 29.2 Å². The Labute approximate surface area is 162 Å². The Kier molecular flexibility index (Phi) is 6.98. The molecule has 0 aliphatic carbocycles. The number of carbonyl (C=O) groups is 4. The van der Waals surface area contributed by atoms with Crippen LogP contribution in [0.2, 0.25) is 0 Å². The van der Waals surface area contributed by atoms with E-state index in [4.69, 9.17) is 0 Å². The molecule has 146 valence electrons. The zero-order valence-electron chi connectivity index (χ0n) is 15.9. The fourth-order valence-electron chi connectivity index (χ4n) is 2.76. The number of nitrogens with zero attached hydrogens (tertiary/aromatic N) is 2. The Balaban J connectivity index is 1.95. The van der Waals surface area contributed by atoms with E-state index in [2.05, 4.69) is 5.32 Å². The van der Waals surface area contributed by atoms with Crippen LogP contribution < -0.4 is 10.2 Å². The second kappa shape index (κ2) is 9.01. The highest BCUT2D eigenvalue weighted by Gasteiger charge is 2.45. The molecule has 1 aromatic carbocycles. The van der Waals surface area contributed by atoms with Gasteiger partial charge in [-0.05, 0) is 24.3 Å². The van der Waals surface area contributed by atoms with Crippen LogP contribution in [0.5, 0.6) is 0 Å². The van der Waals surface area contributed by atoms with Crippen LogP contribution in [0.1, 0.15) is 13.8 Å². The number of rotatable bonds is 8. The van der Waals surface area contributed by atoms with E-state index < -0.39 is 17.8 Å². The molecule has 1 aliphatic rings. The van der Waals surface area contributed by atoms with Gasteiger partial charge in [-0.2, -0.15) is 0 Å². The number of imide groups is 2. The van der Waals surface area contributed by atoms with Gasteiger partial charge in [0.05, 0.1) is 12.7 Å². The summed E-state index contributed by atoms with van der Waals surface area (Å²) < 4.78 is 0.